The van der Waals surface area contributed by atoms with Gasteiger partial charge in [0.1, 0.15) is 0 Å². The molecule has 2 aliphatic rings. The summed E-state index contributed by atoms with van der Waals surface area (Å²) in [7, 11) is 0. The number of unbranched alkanes of at least 4 members (excludes halogenated alkanes) is 1. The number of aliphatic hydroxyl groups excluding tert-OH is 2. The summed E-state index contributed by atoms with van der Waals surface area (Å²) in [6, 6.07) is 15.2. The molecule has 0 radical (unpaired) electrons. The van der Waals surface area contributed by atoms with Gasteiger partial charge < -0.3 is 10.2 Å². The number of aryl methyl sites for hydroxylation is 2. The van der Waals surface area contributed by atoms with E-state index in [2.05, 4.69) is 26.0 Å². The van der Waals surface area contributed by atoms with Crippen LogP contribution in [0.1, 0.15) is 81.3 Å². The maximum Gasteiger partial charge on any atom is 0.0981 e. The van der Waals surface area contributed by atoms with Crippen LogP contribution in [0.25, 0.3) is 32.5 Å². The molecule has 246 valence electrons. The average molecular weight is 757 g/mol. The van der Waals surface area contributed by atoms with Crippen molar-refractivity contribution in [3.63, 3.8) is 0 Å². The quantitative estimate of drug-likeness (QED) is 0.144. The van der Waals surface area contributed by atoms with Crippen LogP contribution in [-0.2, 0) is 12.8 Å². The first-order valence-electron chi connectivity index (χ1n) is 15.8. The van der Waals surface area contributed by atoms with E-state index in [1.165, 1.54) is 30.6 Å². The summed E-state index contributed by atoms with van der Waals surface area (Å²) in [5.41, 5.74) is 9.37. The van der Waals surface area contributed by atoms with E-state index in [9.17, 15) is 10.2 Å². The Hall–Kier alpha value is -2.66. The van der Waals surface area contributed by atoms with E-state index in [0.29, 0.717) is 57.2 Å². The minimum atomic E-state index is -0.756. The van der Waals surface area contributed by atoms with E-state index in [1.807, 2.05) is 21.5 Å². The molecule has 2 N–H and O–H groups in total. The zero-order valence-electron chi connectivity index (χ0n) is 26.0. The van der Waals surface area contributed by atoms with Gasteiger partial charge in [-0.05, 0) is 86.3 Å². The third-order valence-electron chi connectivity index (χ3n) is 9.17. The number of benzene rings is 2. The predicted octanol–water partition coefficient (Wildman–Crippen LogP) is 10.9. The Morgan fingerprint density at radius 3 is 1.48 bits per heavy atom. The van der Waals surface area contributed by atoms with Gasteiger partial charge in [0.15, 0.2) is 0 Å². The molecule has 0 spiro atoms. The van der Waals surface area contributed by atoms with Gasteiger partial charge in [0.05, 0.1) is 66.2 Å². The molecule has 2 aromatic carbocycles. The van der Waals surface area contributed by atoms with Crippen molar-refractivity contribution in [2.75, 3.05) is 0 Å². The van der Waals surface area contributed by atoms with Crippen molar-refractivity contribution in [2.45, 2.75) is 64.6 Å². The highest BCUT2D eigenvalue weighted by Gasteiger charge is 2.34. The van der Waals surface area contributed by atoms with Gasteiger partial charge in [-0.3, -0.25) is 0 Å². The summed E-state index contributed by atoms with van der Waals surface area (Å²) in [5.74, 6) is 0. The largest absolute Gasteiger partial charge is 0.387 e. The van der Waals surface area contributed by atoms with Crippen molar-refractivity contribution in [3.05, 3.63) is 112 Å². The highest BCUT2D eigenvalue weighted by Crippen LogP contribution is 2.48. The van der Waals surface area contributed by atoms with Crippen LogP contribution in [0, 0.1) is 13.8 Å². The Morgan fingerprint density at radius 1 is 0.667 bits per heavy atom. The Morgan fingerprint density at radius 2 is 1.08 bits per heavy atom. The van der Waals surface area contributed by atoms with Gasteiger partial charge in [-0.15, -0.1) is 22.7 Å². The summed E-state index contributed by atoms with van der Waals surface area (Å²) in [5, 5.41) is 35.0. The number of nitrogens with zero attached hydrogens (tertiary/aromatic N) is 4. The lowest BCUT2D eigenvalue weighted by atomic mass is 10.00. The van der Waals surface area contributed by atoms with Gasteiger partial charge in [-0.2, -0.15) is 10.2 Å². The molecule has 0 saturated heterocycles. The number of aromatic nitrogens is 4. The fraction of sp³-hybridized carbons (Fsp3) is 0.278. The Balaban J connectivity index is 1.01. The molecule has 4 aromatic heterocycles. The fourth-order valence-corrected chi connectivity index (χ4v) is 10.2. The van der Waals surface area contributed by atoms with E-state index in [1.54, 1.807) is 46.9 Å². The standard InChI is InChI=1S/C36H30Cl4N4O2S2/c1-17-11-19-13-23-31(41-43(33(23)35(19)47-17)27-9-7-21(37)15-25(27)39)29(45)5-3-4-6-30(46)32-24-14-20-12-18(2)48-36(20)34(24)44(42-32)28-10-8-22(38)16-26(28)40/h7-12,15-16,29-30,45-46H,3-6,13-14H2,1-2H3. The van der Waals surface area contributed by atoms with Crippen molar-refractivity contribution >= 4 is 69.1 Å². The highest BCUT2D eigenvalue weighted by molar-refractivity contribution is 7.16. The van der Waals surface area contributed by atoms with Crippen LogP contribution in [0.3, 0.4) is 0 Å². The minimum Gasteiger partial charge on any atom is -0.387 e. The lowest BCUT2D eigenvalue weighted by molar-refractivity contribution is 0.141. The number of hydrogen-bond acceptors (Lipinski definition) is 6. The molecular weight excluding hydrogens is 726 g/mol. The second kappa shape index (κ2) is 12.6. The monoisotopic (exact) mass is 754 g/mol. The van der Waals surface area contributed by atoms with Crippen LogP contribution in [-0.4, -0.2) is 29.8 Å². The zero-order chi connectivity index (χ0) is 33.4. The summed E-state index contributed by atoms with van der Waals surface area (Å²) < 4.78 is 3.73. The maximum absolute atomic E-state index is 11.5. The SMILES string of the molecule is Cc1cc2c(s1)-c1c(c(C(O)CCCCC(O)c3nn(-c4ccc(Cl)cc4Cl)c4c3Cc3cc(C)sc3-4)nn1-c1ccc(Cl)cc1Cl)C2. The summed E-state index contributed by atoms with van der Waals surface area (Å²) in [6.45, 7) is 4.21. The molecule has 0 fully saturated rings. The molecule has 2 unspecified atom stereocenters. The van der Waals surface area contributed by atoms with Gasteiger partial charge in [-0.25, -0.2) is 9.36 Å². The van der Waals surface area contributed by atoms with E-state index >= 15 is 0 Å². The highest BCUT2D eigenvalue weighted by atomic mass is 35.5. The van der Waals surface area contributed by atoms with Crippen LogP contribution < -0.4 is 0 Å². The zero-order valence-corrected chi connectivity index (χ0v) is 30.7. The topological polar surface area (TPSA) is 76.1 Å². The van der Waals surface area contributed by atoms with Crippen LogP contribution in [0.15, 0.2) is 48.5 Å². The lowest BCUT2D eigenvalue weighted by Crippen LogP contribution is -2.06. The second-order valence-corrected chi connectivity index (χ2v) is 16.7. The smallest absolute Gasteiger partial charge is 0.0981 e. The van der Waals surface area contributed by atoms with Crippen molar-refractivity contribution in [1.82, 2.24) is 19.6 Å². The predicted molar refractivity (Wildman–Crippen MR) is 197 cm³/mol. The minimum absolute atomic E-state index is 0.502. The molecule has 12 heteroatoms. The van der Waals surface area contributed by atoms with E-state index in [-0.39, 0.29) is 0 Å². The number of rotatable bonds is 9. The van der Waals surface area contributed by atoms with E-state index in [0.717, 1.165) is 46.7 Å². The first kappa shape index (κ1) is 32.5. The van der Waals surface area contributed by atoms with Crippen LogP contribution >= 0.6 is 69.1 Å². The summed E-state index contributed by atoms with van der Waals surface area (Å²) in [6.07, 6.45) is 2.38. The maximum atomic E-state index is 11.5. The number of halogens is 4. The first-order chi connectivity index (χ1) is 23.1. The molecule has 48 heavy (non-hydrogen) atoms. The number of aliphatic hydroxyl groups is 2. The third kappa shape index (κ3) is 5.55. The molecule has 0 amide bonds. The van der Waals surface area contributed by atoms with Crippen molar-refractivity contribution in [3.8, 4) is 32.5 Å². The Labute approximate surface area is 306 Å². The van der Waals surface area contributed by atoms with Crippen molar-refractivity contribution in [2.24, 2.45) is 0 Å². The molecule has 2 atom stereocenters. The van der Waals surface area contributed by atoms with Gasteiger partial charge in [0.25, 0.3) is 0 Å². The molecule has 6 aromatic rings. The molecule has 0 aliphatic heterocycles. The number of thiophene rings is 2. The van der Waals surface area contributed by atoms with Gasteiger partial charge >= 0.3 is 0 Å². The fourth-order valence-electron chi connectivity index (χ4n) is 7.07. The molecule has 0 saturated carbocycles. The second-order valence-electron chi connectivity index (χ2n) is 12.5. The molecular formula is C36H30Cl4N4O2S2. The number of hydrogen-bond donors (Lipinski definition) is 2. The Bertz CT molecular complexity index is 2080. The molecule has 4 heterocycles. The van der Waals surface area contributed by atoms with Crippen LogP contribution in [0.4, 0.5) is 0 Å². The van der Waals surface area contributed by atoms with Crippen LogP contribution in [0.2, 0.25) is 20.1 Å². The van der Waals surface area contributed by atoms with Gasteiger partial charge in [0, 0.05) is 43.8 Å². The number of fused-ring (bicyclic) bond motifs is 6. The van der Waals surface area contributed by atoms with Crippen molar-refractivity contribution < 1.29 is 10.2 Å². The molecule has 2 aliphatic carbocycles. The first-order valence-corrected chi connectivity index (χ1v) is 18.9. The van der Waals surface area contributed by atoms with Gasteiger partial charge in [-0.1, -0.05) is 59.2 Å². The van der Waals surface area contributed by atoms with Crippen molar-refractivity contribution in [1.29, 1.82) is 0 Å². The molecule has 0 bridgehead atoms. The van der Waals surface area contributed by atoms with Crippen LogP contribution in [0.5, 0.6) is 0 Å². The lowest BCUT2D eigenvalue weighted by Gasteiger charge is -2.12. The average Bonchev–Trinajstić information content (AvgIpc) is 3.85. The third-order valence-corrected chi connectivity index (χ3v) is 12.4. The molecule has 6 nitrogen and oxygen atoms in total. The summed E-state index contributed by atoms with van der Waals surface area (Å²) >= 11 is 29.1. The van der Waals surface area contributed by atoms with E-state index in [4.69, 9.17) is 56.6 Å². The van der Waals surface area contributed by atoms with E-state index < -0.39 is 12.2 Å². The van der Waals surface area contributed by atoms with Gasteiger partial charge in [0.2, 0.25) is 0 Å². The Kier molecular flexibility index (Phi) is 8.53. The normalized spacial score (nSPS) is 14.2. The molecule has 8 rings (SSSR count). The summed E-state index contributed by atoms with van der Waals surface area (Å²) in [4.78, 5) is 4.80.